The predicted molar refractivity (Wildman–Crippen MR) is 83.8 cm³/mol. The van der Waals surface area contributed by atoms with Crippen molar-refractivity contribution in [1.29, 1.82) is 0 Å². The van der Waals surface area contributed by atoms with E-state index in [4.69, 9.17) is 5.73 Å². The fraction of sp³-hybridized carbons (Fsp3) is 0.647. The average Bonchev–Trinajstić information content (AvgIpc) is 2.34. The van der Waals surface area contributed by atoms with Crippen molar-refractivity contribution in [2.75, 3.05) is 18.0 Å². The van der Waals surface area contributed by atoms with Crippen molar-refractivity contribution in [3.8, 4) is 0 Å². The first-order valence-electron chi connectivity index (χ1n) is 7.48. The smallest absolute Gasteiger partial charge is 0.0398 e. The lowest BCUT2D eigenvalue weighted by molar-refractivity contribution is 0.306. The first kappa shape index (κ1) is 14.4. The summed E-state index contributed by atoms with van der Waals surface area (Å²) >= 11 is 0. The Morgan fingerprint density at radius 3 is 2.74 bits per heavy atom. The highest BCUT2D eigenvalue weighted by Gasteiger charge is 2.22. The van der Waals surface area contributed by atoms with Gasteiger partial charge in [0, 0.05) is 24.8 Å². The third kappa shape index (κ3) is 3.50. The van der Waals surface area contributed by atoms with E-state index in [1.54, 1.807) is 0 Å². The van der Waals surface area contributed by atoms with Gasteiger partial charge in [-0.3, -0.25) is 0 Å². The van der Waals surface area contributed by atoms with Gasteiger partial charge in [0.25, 0.3) is 0 Å². The highest BCUT2D eigenvalue weighted by molar-refractivity contribution is 5.56. The zero-order valence-electron chi connectivity index (χ0n) is 12.9. The van der Waals surface area contributed by atoms with E-state index in [-0.39, 0.29) is 11.5 Å². The molecule has 0 radical (unpaired) electrons. The van der Waals surface area contributed by atoms with E-state index in [0.717, 1.165) is 13.0 Å². The van der Waals surface area contributed by atoms with Gasteiger partial charge in [0.2, 0.25) is 0 Å². The second kappa shape index (κ2) is 5.54. The number of nitrogens with two attached hydrogens (primary N) is 1. The summed E-state index contributed by atoms with van der Waals surface area (Å²) in [5.41, 5.74) is 10.8. The van der Waals surface area contributed by atoms with E-state index in [1.807, 2.05) is 0 Å². The van der Waals surface area contributed by atoms with Crippen molar-refractivity contribution in [2.45, 2.75) is 53.0 Å². The number of aryl methyl sites for hydroxylation is 2. The molecule has 2 rings (SSSR count). The zero-order valence-corrected chi connectivity index (χ0v) is 12.9. The van der Waals surface area contributed by atoms with Crippen LogP contribution in [0.15, 0.2) is 18.2 Å². The van der Waals surface area contributed by atoms with Crippen LogP contribution >= 0.6 is 0 Å². The third-order valence-electron chi connectivity index (χ3n) is 4.27. The van der Waals surface area contributed by atoms with Gasteiger partial charge in [0.1, 0.15) is 0 Å². The van der Waals surface area contributed by atoms with Crippen molar-refractivity contribution < 1.29 is 0 Å². The van der Waals surface area contributed by atoms with Gasteiger partial charge in [-0.05, 0) is 43.2 Å². The molecule has 1 atom stereocenters. The van der Waals surface area contributed by atoms with Crippen LogP contribution in [-0.4, -0.2) is 19.1 Å². The molecule has 0 bridgehead atoms. The molecule has 0 saturated heterocycles. The molecule has 0 fully saturated rings. The Bertz CT molecular complexity index is 431. The van der Waals surface area contributed by atoms with Gasteiger partial charge < -0.3 is 10.6 Å². The fourth-order valence-corrected chi connectivity index (χ4v) is 2.76. The molecular formula is C17H28N2. The molecule has 1 aliphatic heterocycles. The molecule has 1 unspecified atom stereocenters. The maximum atomic E-state index is 6.29. The molecule has 19 heavy (non-hydrogen) atoms. The van der Waals surface area contributed by atoms with Gasteiger partial charge in [-0.25, -0.2) is 0 Å². The van der Waals surface area contributed by atoms with Crippen LogP contribution in [0.5, 0.6) is 0 Å². The topological polar surface area (TPSA) is 29.3 Å². The van der Waals surface area contributed by atoms with Gasteiger partial charge >= 0.3 is 0 Å². The molecule has 0 spiro atoms. The summed E-state index contributed by atoms with van der Waals surface area (Å²) in [6, 6.07) is 7.11. The van der Waals surface area contributed by atoms with Crippen LogP contribution in [0.1, 0.15) is 44.7 Å². The Hall–Kier alpha value is -1.02. The molecule has 2 nitrogen and oxygen atoms in total. The van der Waals surface area contributed by atoms with Crippen LogP contribution in [0.4, 0.5) is 5.69 Å². The molecule has 106 valence electrons. The lowest BCUT2D eigenvalue weighted by Crippen LogP contribution is -2.40. The number of rotatable bonds is 3. The monoisotopic (exact) mass is 260 g/mol. The van der Waals surface area contributed by atoms with Crippen LogP contribution in [0.2, 0.25) is 0 Å². The number of hydrogen-bond donors (Lipinski definition) is 1. The van der Waals surface area contributed by atoms with E-state index in [0.29, 0.717) is 0 Å². The summed E-state index contributed by atoms with van der Waals surface area (Å²) in [6.07, 6.45) is 3.55. The maximum Gasteiger partial charge on any atom is 0.0398 e. The Labute approximate surface area is 118 Å². The highest BCUT2D eigenvalue weighted by Crippen LogP contribution is 2.29. The number of nitrogens with zero attached hydrogens (tertiary/aromatic N) is 1. The molecule has 0 amide bonds. The Kier molecular flexibility index (Phi) is 4.19. The quantitative estimate of drug-likeness (QED) is 0.901. The number of hydrogen-bond acceptors (Lipinski definition) is 2. The van der Waals surface area contributed by atoms with Crippen LogP contribution in [-0.2, 0) is 6.42 Å². The SMILES string of the molecule is Cc1ccc2c(c1)CCCN2CCC(N)C(C)(C)C. The van der Waals surface area contributed by atoms with Crippen molar-refractivity contribution in [1.82, 2.24) is 0 Å². The molecule has 1 aliphatic rings. The first-order chi connectivity index (χ1) is 8.88. The molecule has 0 saturated carbocycles. The number of benzene rings is 1. The Morgan fingerprint density at radius 1 is 1.32 bits per heavy atom. The first-order valence-corrected chi connectivity index (χ1v) is 7.48. The molecule has 1 aromatic carbocycles. The van der Waals surface area contributed by atoms with Gasteiger partial charge in [0.05, 0.1) is 0 Å². The summed E-state index contributed by atoms with van der Waals surface area (Å²) in [5, 5.41) is 0. The second-order valence-corrected chi connectivity index (χ2v) is 6.98. The van der Waals surface area contributed by atoms with Crippen molar-refractivity contribution in [3.63, 3.8) is 0 Å². The lowest BCUT2D eigenvalue weighted by atomic mass is 9.85. The molecule has 1 aromatic rings. The average molecular weight is 260 g/mol. The van der Waals surface area contributed by atoms with Crippen molar-refractivity contribution in [3.05, 3.63) is 29.3 Å². The number of anilines is 1. The van der Waals surface area contributed by atoms with E-state index in [9.17, 15) is 0 Å². The summed E-state index contributed by atoms with van der Waals surface area (Å²) in [5.74, 6) is 0. The summed E-state index contributed by atoms with van der Waals surface area (Å²) in [4.78, 5) is 2.52. The lowest BCUT2D eigenvalue weighted by Gasteiger charge is -2.34. The Morgan fingerprint density at radius 2 is 2.05 bits per heavy atom. The van der Waals surface area contributed by atoms with Crippen LogP contribution < -0.4 is 10.6 Å². The molecule has 0 aliphatic carbocycles. The van der Waals surface area contributed by atoms with Gasteiger partial charge in [-0.2, -0.15) is 0 Å². The van der Waals surface area contributed by atoms with E-state index < -0.39 is 0 Å². The fourth-order valence-electron chi connectivity index (χ4n) is 2.76. The molecular weight excluding hydrogens is 232 g/mol. The van der Waals surface area contributed by atoms with Crippen LogP contribution in [0.3, 0.4) is 0 Å². The van der Waals surface area contributed by atoms with E-state index in [1.165, 1.54) is 36.2 Å². The highest BCUT2D eigenvalue weighted by atomic mass is 15.1. The van der Waals surface area contributed by atoms with Crippen molar-refractivity contribution >= 4 is 5.69 Å². The van der Waals surface area contributed by atoms with Gasteiger partial charge in [0.15, 0.2) is 0 Å². The molecule has 1 heterocycles. The zero-order chi connectivity index (χ0) is 14.0. The van der Waals surface area contributed by atoms with E-state index in [2.05, 4.69) is 50.8 Å². The summed E-state index contributed by atoms with van der Waals surface area (Å²) < 4.78 is 0. The number of fused-ring (bicyclic) bond motifs is 1. The second-order valence-electron chi connectivity index (χ2n) is 6.98. The maximum absolute atomic E-state index is 6.29. The molecule has 0 aromatic heterocycles. The summed E-state index contributed by atoms with van der Waals surface area (Å²) in [7, 11) is 0. The third-order valence-corrected chi connectivity index (χ3v) is 4.27. The van der Waals surface area contributed by atoms with Crippen molar-refractivity contribution in [2.24, 2.45) is 11.1 Å². The summed E-state index contributed by atoms with van der Waals surface area (Å²) in [6.45, 7) is 11.1. The predicted octanol–water partition coefficient (Wildman–Crippen LogP) is 3.51. The van der Waals surface area contributed by atoms with Crippen LogP contribution in [0, 0.1) is 12.3 Å². The van der Waals surface area contributed by atoms with E-state index >= 15 is 0 Å². The van der Waals surface area contributed by atoms with Gasteiger partial charge in [-0.1, -0.05) is 38.5 Å². The minimum atomic E-state index is 0.200. The normalized spacial score (nSPS) is 17.2. The minimum Gasteiger partial charge on any atom is -0.371 e. The molecule has 2 heteroatoms. The van der Waals surface area contributed by atoms with Gasteiger partial charge in [-0.15, -0.1) is 0 Å². The minimum absolute atomic E-state index is 0.200. The standard InChI is InChI=1S/C17H28N2/c1-13-7-8-15-14(12-13)6-5-10-19(15)11-9-16(18)17(2,3)4/h7-8,12,16H,5-6,9-11,18H2,1-4H3. The Balaban J connectivity index is 2.04. The molecule has 2 N–H and O–H groups in total. The largest absolute Gasteiger partial charge is 0.371 e. The van der Waals surface area contributed by atoms with Crippen LogP contribution in [0.25, 0.3) is 0 Å².